The predicted molar refractivity (Wildman–Crippen MR) is 60.9 cm³/mol. The highest BCUT2D eigenvalue weighted by atomic mass is 16.5. The summed E-state index contributed by atoms with van der Waals surface area (Å²) in [6.07, 6.45) is 4.32. The van der Waals surface area contributed by atoms with Crippen molar-refractivity contribution in [2.45, 2.75) is 32.9 Å². The van der Waals surface area contributed by atoms with Crippen molar-refractivity contribution in [3.8, 4) is 0 Å². The molecule has 90 valence electrons. The third-order valence-corrected chi connectivity index (χ3v) is 2.79. The van der Waals surface area contributed by atoms with Gasteiger partial charge in [0.15, 0.2) is 0 Å². The van der Waals surface area contributed by atoms with E-state index in [1.807, 2.05) is 10.9 Å². The van der Waals surface area contributed by atoms with Gasteiger partial charge in [-0.25, -0.2) is 0 Å². The van der Waals surface area contributed by atoms with E-state index in [1.165, 1.54) is 0 Å². The Kier molecular flexibility index (Phi) is 4.30. The Labute approximate surface area is 96.2 Å². The standard InChI is InChI=1S/C11H20N4O/c1-2-4-12-6-11-8-15(14-13-11)7-10-3-5-16-9-10/h8,10,12H,2-7,9H2,1H3/t10-/m0/s1. The van der Waals surface area contributed by atoms with Crippen molar-refractivity contribution in [2.24, 2.45) is 5.92 Å². The van der Waals surface area contributed by atoms with Crippen molar-refractivity contribution in [1.82, 2.24) is 20.3 Å². The highest BCUT2D eigenvalue weighted by Gasteiger charge is 2.16. The van der Waals surface area contributed by atoms with Crippen LogP contribution >= 0.6 is 0 Å². The second kappa shape index (κ2) is 5.96. The molecule has 0 saturated carbocycles. The van der Waals surface area contributed by atoms with Crippen LogP contribution in [0.2, 0.25) is 0 Å². The highest BCUT2D eigenvalue weighted by Crippen LogP contribution is 2.13. The number of hydrogen-bond donors (Lipinski definition) is 1. The molecule has 16 heavy (non-hydrogen) atoms. The van der Waals surface area contributed by atoms with Gasteiger partial charge in [0.1, 0.15) is 0 Å². The third kappa shape index (κ3) is 3.28. The van der Waals surface area contributed by atoms with Crippen LogP contribution < -0.4 is 5.32 Å². The topological polar surface area (TPSA) is 52.0 Å². The van der Waals surface area contributed by atoms with Gasteiger partial charge in [0, 0.05) is 31.8 Å². The SMILES string of the molecule is CCCNCc1cn(C[C@@H]2CCOC2)nn1. The van der Waals surface area contributed by atoms with Gasteiger partial charge in [-0.05, 0) is 19.4 Å². The lowest BCUT2D eigenvalue weighted by Gasteiger charge is -2.05. The van der Waals surface area contributed by atoms with Gasteiger partial charge in [0.25, 0.3) is 0 Å². The van der Waals surface area contributed by atoms with E-state index in [2.05, 4.69) is 22.6 Å². The van der Waals surface area contributed by atoms with E-state index in [0.717, 1.165) is 51.4 Å². The summed E-state index contributed by atoms with van der Waals surface area (Å²) in [6.45, 7) is 6.69. The molecule has 1 saturated heterocycles. The minimum absolute atomic E-state index is 0.609. The minimum atomic E-state index is 0.609. The average molecular weight is 224 g/mol. The fourth-order valence-electron chi connectivity index (χ4n) is 1.89. The number of ether oxygens (including phenoxy) is 1. The third-order valence-electron chi connectivity index (χ3n) is 2.79. The Balaban J connectivity index is 1.77. The summed E-state index contributed by atoms with van der Waals surface area (Å²) in [5.41, 5.74) is 1.02. The second-order valence-electron chi connectivity index (χ2n) is 4.34. The van der Waals surface area contributed by atoms with Crippen molar-refractivity contribution in [1.29, 1.82) is 0 Å². The van der Waals surface area contributed by atoms with Crippen molar-refractivity contribution >= 4 is 0 Å². The molecule has 1 aromatic heterocycles. The van der Waals surface area contributed by atoms with Crippen LogP contribution in [0, 0.1) is 5.92 Å². The lowest BCUT2D eigenvalue weighted by molar-refractivity contribution is 0.181. The summed E-state index contributed by atoms with van der Waals surface area (Å²) in [4.78, 5) is 0. The smallest absolute Gasteiger partial charge is 0.0964 e. The Morgan fingerprint density at radius 1 is 1.62 bits per heavy atom. The number of aromatic nitrogens is 3. The predicted octanol–water partition coefficient (Wildman–Crippen LogP) is 0.814. The van der Waals surface area contributed by atoms with E-state index in [4.69, 9.17) is 4.74 Å². The molecule has 1 fully saturated rings. The Morgan fingerprint density at radius 2 is 2.56 bits per heavy atom. The quantitative estimate of drug-likeness (QED) is 0.727. The van der Waals surface area contributed by atoms with Gasteiger partial charge < -0.3 is 10.1 Å². The van der Waals surface area contributed by atoms with Crippen LogP contribution in [0.3, 0.4) is 0 Å². The second-order valence-corrected chi connectivity index (χ2v) is 4.34. The molecule has 1 aliphatic heterocycles. The fraction of sp³-hybridized carbons (Fsp3) is 0.818. The first kappa shape index (κ1) is 11.5. The van der Waals surface area contributed by atoms with E-state index >= 15 is 0 Å². The van der Waals surface area contributed by atoms with E-state index in [9.17, 15) is 0 Å². The monoisotopic (exact) mass is 224 g/mol. The molecule has 5 nitrogen and oxygen atoms in total. The zero-order valence-corrected chi connectivity index (χ0v) is 9.85. The van der Waals surface area contributed by atoms with Crippen LogP contribution in [0.25, 0.3) is 0 Å². The molecule has 5 heteroatoms. The lowest BCUT2D eigenvalue weighted by atomic mass is 10.1. The molecule has 0 amide bonds. The largest absolute Gasteiger partial charge is 0.381 e. The summed E-state index contributed by atoms with van der Waals surface area (Å²) in [5.74, 6) is 0.609. The van der Waals surface area contributed by atoms with E-state index in [-0.39, 0.29) is 0 Å². The van der Waals surface area contributed by atoms with Crippen LogP contribution in [0.15, 0.2) is 6.20 Å². The van der Waals surface area contributed by atoms with Crippen molar-refractivity contribution in [3.63, 3.8) is 0 Å². The lowest BCUT2D eigenvalue weighted by Crippen LogP contribution is -2.14. The summed E-state index contributed by atoms with van der Waals surface area (Å²) >= 11 is 0. The molecule has 2 heterocycles. The normalized spacial score (nSPS) is 20.4. The molecule has 0 spiro atoms. The van der Waals surface area contributed by atoms with Crippen LogP contribution in [-0.4, -0.2) is 34.8 Å². The van der Waals surface area contributed by atoms with Crippen LogP contribution in [0.5, 0.6) is 0 Å². The Hall–Kier alpha value is -0.940. The number of nitrogens with zero attached hydrogens (tertiary/aromatic N) is 3. The van der Waals surface area contributed by atoms with Gasteiger partial charge in [-0.3, -0.25) is 4.68 Å². The fourth-order valence-corrected chi connectivity index (χ4v) is 1.89. The van der Waals surface area contributed by atoms with Crippen LogP contribution in [0.4, 0.5) is 0 Å². The molecule has 1 atom stereocenters. The Bertz CT molecular complexity index is 307. The van der Waals surface area contributed by atoms with Gasteiger partial charge in [0.2, 0.25) is 0 Å². The molecule has 1 N–H and O–H groups in total. The summed E-state index contributed by atoms with van der Waals surface area (Å²) in [6, 6.07) is 0. The minimum Gasteiger partial charge on any atom is -0.381 e. The first-order valence-electron chi connectivity index (χ1n) is 6.06. The molecule has 1 aliphatic rings. The van der Waals surface area contributed by atoms with E-state index < -0.39 is 0 Å². The zero-order chi connectivity index (χ0) is 11.2. The number of hydrogen-bond acceptors (Lipinski definition) is 4. The molecular formula is C11H20N4O. The van der Waals surface area contributed by atoms with Crippen molar-refractivity contribution in [2.75, 3.05) is 19.8 Å². The maximum atomic E-state index is 5.34. The van der Waals surface area contributed by atoms with Gasteiger partial charge in [0.05, 0.1) is 12.3 Å². The summed E-state index contributed by atoms with van der Waals surface area (Å²) in [5, 5.41) is 11.6. The first-order chi connectivity index (χ1) is 7.88. The van der Waals surface area contributed by atoms with Crippen LogP contribution in [0.1, 0.15) is 25.5 Å². The van der Waals surface area contributed by atoms with Crippen molar-refractivity contribution < 1.29 is 4.74 Å². The maximum Gasteiger partial charge on any atom is 0.0964 e. The molecule has 0 bridgehead atoms. The molecule has 0 unspecified atom stereocenters. The van der Waals surface area contributed by atoms with Gasteiger partial charge in [-0.15, -0.1) is 5.10 Å². The number of nitrogens with one attached hydrogen (secondary N) is 1. The maximum absolute atomic E-state index is 5.34. The van der Waals surface area contributed by atoms with Gasteiger partial charge >= 0.3 is 0 Å². The number of rotatable bonds is 6. The summed E-state index contributed by atoms with van der Waals surface area (Å²) < 4.78 is 7.27. The van der Waals surface area contributed by atoms with E-state index in [1.54, 1.807) is 0 Å². The first-order valence-corrected chi connectivity index (χ1v) is 6.06. The summed E-state index contributed by atoms with van der Waals surface area (Å²) in [7, 11) is 0. The average Bonchev–Trinajstić information content (AvgIpc) is 2.91. The Morgan fingerprint density at radius 3 is 3.31 bits per heavy atom. The molecule has 0 aromatic carbocycles. The molecule has 1 aromatic rings. The van der Waals surface area contributed by atoms with Crippen LogP contribution in [-0.2, 0) is 17.8 Å². The molecule has 2 rings (SSSR count). The molecule has 0 aliphatic carbocycles. The van der Waals surface area contributed by atoms with Gasteiger partial charge in [-0.2, -0.15) is 0 Å². The molecule has 0 radical (unpaired) electrons. The van der Waals surface area contributed by atoms with Crippen molar-refractivity contribution in [3.05, 3.63) is 11.9 Å². The highest BCUT2D eigenvalue weighted by molar-refractivity contribution is 4.91. The zero-order valence-electron chi connectivity index (χ0n) is 9.85. The van der Waals surface area contributed by atoms with Gasteiger partial charge in [-0.1, -0.05) is 12.1 Å². The molecular weight excluding hydrogens is 204 g/mol. The van der Waals surface area contributed by atoms with E-state index in [0.29, 0.717) is 5.92 Å².